The molecular weight excluding hydrogens is 340 g/mol. The number of aliphatic imine (C=N–C) groups is 1. The highest BCUT2D eigenvalue weighted by molar-refractivity contribution is 5.80. The van der Waals surface area contributed by atoms with E-state index in [0.29, 0.717) is 13.0 Å². The van der Waals surface area contributed by atoms with Crippen LogP contribution < -0.4 is 10.6 Å². The van der Waals surface area contributed by atoms with Gasteiger partial charge in [0.15, 0.2) is 5.96 Å². The molecule has 1 fully saturated rings. The molecule has 1 aliphatic rings. The van der Waals surface area contributed by atoms with Crippen molar-refractivity contribution in [2.45, 2.75) is 39.7 Å². The first kappa shape index (κ1) is 19.2. The second kappa shape index (κ2) is 9.39. The Labute approximate surface area is 160 Å². The monoisotopic (exact) mass is 370 g/mol. The van der Waals surface area contributed by atoms with Gasteiger partial charge >= 0.3 is 0 Å². The van der Waals surface area contributed by atoms with Gasteiger partial charge in [-0.2, -0.15) is 0 Å². The minimum absolute atomic E-state index is 0.284. The number of fused-ring (bicyclic) bond motifs is 1. The zero-order valence-electron chi connectivity index (χ0n) is 16.4. The summed E-state index contributed by atoms with van der Waals surface area (Å²) < 4.78 is 2.23. The number of benzene rings is 1. The minimum atomic E-state index is 0.284. The maximum atomic E-state index is 11.6. The molecule has 2 heterocycles. The molecule has 2 N–H and O–H groups in total. The van der Waals surface area contributed by atoms with Gasteiger partial charge in [0.25, 0.3) is 0 Å². The lowest BCUT2D eigenvalue weighted by atomic mass is 10.3. The van der Waals surface area contributed by atoms with Gasteiger partial charge in [-0.25, -0.2) is 4.98 Å². The normalized spacial score (nSPS) is 15.0. The molecule has 0 aliphatic carbocycles. The number of para-hydroxylation sites is 2. The van der Waals surface area contributed by atoms with Gasteiger partial charge in [0, 0.05) is 45.7 Å². The number of amides is 1. The Morgan fingerprint density at radius 3 is 2.89 bits per heavy atom. The van der Waals surface area contributed by atoms with E-state index in [1.54, 1.807) is 0 Å². The van der Waals surface area contributed by atoms with Crippen LogP contribution in [0.1, 0.15) is 32.0 Å². The van der Waals surface area contributed by atoms with Crippen molar-refractivity contribution >= 4 is 22.9 Å². The molecule has 2 aromatic rings. The number of hydrogen-bond donors (Lipinski definition) is 2. The summed E-state index contributed by atoms with van der Waals surface area (Å²) in [6, 6.07) is 8.21. The lowest BCUT2D eigenvalue weighted by molar-refractivity contribution is -0.127. The van der Waals surface area contributed by atoms with Crippen molar-refractivity contribution in [1.29, 1.82) is 0 Å². The van der Waals surface area contributed by atoms with Crippen LogP contribution in [0.5, 0.6) is 0 Å². The number of nitrogens with zero attached hydrogens (tertiary/aromatic N) is 4. The van der Waals surface area contributed by atoms with Gasteiger partial charge in [0.05, 0.1) is 11.0 Å². The summed E-state index contributed by atoms with van der Waals surface area (Å²) in [4.78, 5) is 22.8. The van der Waals surface area contributed by atoms with Gasteiger partial charge in [-0.05, 0) is 38.8 Å². The summed E-state index contributed by atoms with van der Waals surface area (Å²) >= 11 is 0. The van der Waals surface area contributed by atoms with E-state index in [0.717, 1.165) is 68.4 Å². The predicted octanol–water partition coefficient (Wildman–Crippen LogP) is 1.91. The smallest absolute Gasteiger partial charge is 0.222 e. The predicted molar refractivity (Wildman–Crippen MR) is 109 cm³/mol. The zero-order chi connectivity index (χ0) is 19.1. The molecule has 0 saturated carbocycles. The first-order valence-corrected chi connectivity index (χ1v) is 9.91. The number of carbonyl (C=O) groups is 1. The number of carbonyl (C=O) groups excluding carboxylic acids is 1. The van der Waals surface area contributed by atoms with Crippen molar-refractivity contribution < 1.29 is 4.79 Å². The first-order valence-electron chi connectivity index (χ1n) is 9.91. The van der Waals surface area contributed by atoms with E-state index in [1.165, 1.54) is 0 Å². The summed E-state index contributed by atoms with van der Waals surface area (Å²) in [7, 11) is 0. The van der Waals surface area contributed by atoms with Gasteiger partial charge < -0.3 is 20.1 Å². The molecule has 1 aromatic carbocycles. The Kier molecular flexibility index (Phi) is 6.68. The third kappa shape index (κ3) is 4.99. The minimum Gasteiger partial charge on any atom is -0.357 e. The van der Waals surface area contributed by atoms with Crippen molar-refractivity contribution in [2.24, 2.45) is 4.99 Å². The van der Waals surface area contributed by atoms with Crippen molar-refractivity contribution in [3.63, 3.8) is 0 Å². The van der Waals surface area contributed by atoms with Crippen LogP contribution in [-0.4, -0.2) is 59.0 Å². The molecule has 146 valence electrons. The van der Waals surface area contributed by atoms with Crippen LogP contribution in [0.25, 0.3) is 11.0 Å². The van der Waals surface area contributed by atoms with Gasteiger partial charge in [-0.15, -0.1) is 0 Å². The zero-order valence-corrected chi connectivity index (χ0v) is 16.4. The van der Waals surface area contributed by atoms with Gasteiger partial charge in [-0.1, -0.05) is 12.1 Å². The highest BCUT2D eigenvalue weighted by Crippen LogP contribution is 2.14. The number of aromatic nitrogens is 2. The van der Waals surface area contributed by atoms with Crippen molar-refractivity contribution in [2.75, 3.05) is 32.7 Å². The van der Waals surface area contributed by atoms with Crippen molar-refractivity contribution in [3.8, 4) is 0 Å². The third-order valence-electron chi connectivity index (χ3n) is 4.84. The Balaban J connectivity index is 1.48. The summed E-state index contributed by atoms with van der Waals surface area (Å²) in [5.74, 6) is 2.13. The van der Waals surface area contributed by atoms with Crippen LogP contribution >= 0.6 is 0 Å². The first-order chi connectivity index (χ1) is 13.2. The molecule has 1 aliphatic heterocycles. The summed E-state index contributed by atoms with van der Waals surface area (Å²) in [5.41, 5.74) is 2.20. The van der Waals surface area contributed by atoms with Crippen molar-refractivity contribution in [1.82, 2.24) is 25.1 Å². The van der Waals surface area contributed by atoms with E-state index in [9.17, 15) is 4.79 Å². The Morgan fingerprint density at radius 2 is 2.11 bits per heavy atom. The number of nitrogens with one attached hydrogen (secondary N) is 2. The fourth-order valence-corrected chi connectivity index (χ4v) is 3.50. The molecule has 7 heteroatoms. The topological polar surface area (TPSA) is 74.6 Å². The quantitative estimate of drug-likeness (QED) is 0.423. The average Bonchev–Trinajstić information content (AvgIpc) is 3.21. The summed E-state index contributed by atoms with van der Waals surface area (Å²) in [6.45, 7) is 8.96. The Morgan fingerprint density at radius 1 is 1.26 bits per heavy atom. The van der Waals surface area contributed by atoms with Crippen LogP contribution in [0.4, 0.5) is 0 Å². The fraction of sp³-hybridized carbons (Fsp3) is 0.550. The molecule has 1 aromatic heterocycles. The highest BCUT2D eigenvalue weighted by atomic mass is 16.2. The number of guanidine groups is 1. The molecule has 0 radical (unpaired) electrons. The number of hydrogen-bond acceptors (Lipinski definition) is 3. The highest BCUT2D eigenvalue weighted by Gasteiger charge is 2.18. The molecule has 0 atom stereocenters. The van der Waals surface area contributed by atoms with E-state index in [2.05, 4.69) is 38.2 Å². The molecule has 0 bridgehead atoms. The SMILES string of the molecule is CCNC(=NCCCN1CCCC1=O)NCCn1c(C)nc2ccccc21. The number of imidazole rings is 1. The Bertz CT molecular complexity index is 797. The standard InChI is InChI=1S/C20H30N6O/c1-3-21-20(22-11-7-14-25-13-6-10-19(25)27)23-12-15-26-16(2)24-17-8-4-5-9-18(17)26/h4-5,8-9H,3,6-7,10-15H2,1-2H3,(H2,21,22,23). The molecule has 7 nitrogen and oxygen atoms in total. The fourth-order valence-electron chi connectivity index (χ4n) is 3.50. The van der Waals surface area contributed by atoms with Crippen molar-refractivity contribution in [3.05, 3.63) is 30.1 Å². The molecule has 3 rings (SSSR count). The van der Waals surface area contributed by atoms with E-state index < -0.39 is 0 Å². The van der Waals surface area contributed by atoms with Crippen LogP contribution in [0.2, 0.25) is 0 Å². The largest absolute Gasteiger partial charge is 0.357 e. The van der Waals surface area contributed by atoms with Crippen LogP contribution in [0.15, 0.2) is 29.3 Å². The van der Waals surface area contributed by atoms with Gasteiger partial charge in [0.1, 0.15) is 5.82 Å². The van der Waals surface area contributed by atoms with E-state index >= 15 is 0 Å². The van der Waals surface area contributed by atoms with Crippen LogP contribution in [0, 0.1) is 6.92 Å². The second-order valence-corrected chi connectivity index (χ2v) is 6.82. The third-order valence-corrected chi connectivity index (χ3v) is 4.84. The molecule has 1 amide bonds. The summed E-state index contributed by atoms with van der Waals surface area (Å²) in [5, 5.41) is 6.68. The molecule has 0 spiro atoms. The molecule has 0 unspecified atom stereocenters. The Hall–Kier alpha value is -2.57. The maximum absolute atomic E-state index is 11.6. The molecule has 1 saturated heterocycles. The van der Waals surface area contributed by atoms with Gasteiger partial charge in [-0.3, -0.25) is 9.79 Å². The lowest BCUT2D eigenvalue weighted by Gasteiger charge is -2.15. The van der Waals surface area contributed by atoms with E-state index in [-0.39, 0.29) is 5.91 Å². The van der Waals surface area contributed by atoms with Crippen LogP contribution in [-0.2, 0) is 11.3 Å². The lowest BCUT2D eigenvalue weighted by Crippen LogP contribution is -2.39. The molecular formula is C20H30N6O. The molecule has 27 heavy (non-hydrogen) atoms. The van der Waals surface area contributed by atoms with Gasteiger partial charge in [0.2, 0.25) is 5.91 Å². The number of aryl methyl sites for hydroxylation is 1. The van der Waals surface area contributed by atoms with E-state index in [4.69, 9.17) is 0 Å². The van der Waals surface area contributed by atoms with Crippen LogP contribution in [0.3, 0.4) is 0 Å². The second-order valence-electron chi connectivity index (χ2n) is 6.82. The maximum Gasteiger partial charge on any atom is 0.222 e. The van der Waals surface area contributed by atoms with E-state index in [1.807, 2.05) is 30.0 Å². The average molecular weight is 371 g/mol. The number of rotatable bonds is 8. The number of likely N-dealkylation sites (tertiary alicyclic amines) is 1. The summed E-state index contributed by atoms with van der Waals surface area (Å²) in [6.07, 6.45) is 2.60.